The average molecular weight is 232 g/mol. The predicted molar refractivity (Wildman–Crippen MR) is 76.1 cm³/mol. The minimum Gasteiger partial charge on any atom is -0.381 e. The Kier molecular flexibility index (Phi) is 2.64. The molecule has 0 atom stereocenters. The molecule has 0 saturated carbocycles. The highest BCUT2D eigenvalue weighted by Crippen LogP contribution is 2.41. The molecular formula is C15H24N2. The maximum absolute atomic E-state index is 3.62. The van der Waals surface area contributed by atoms with Crippen molar-refractivity contribution < 1.29 is 0 Å². The van der Waals surface area contributed by atoms with Gasteiger partial charge in [0, 0.05) is 13.6 Å². The Labute approximate surface area is 105 Å². The van der Waals surface area contributed by atoms with Gasteiger partial charge < -0.3 is 10.2 Å². The Balaban J connectivity index is 2.56. The Hall–Kier alpha value is -1.18. The zero-order chi connectivity index (χ0) is 12.8. The number of hydrogen-bond acceptors (Lipinski definition) is 2. The first-order valence-corrected chi connectivity index (χ1v) is 6.35. The van der Waals surface area contributed by atoms with E-state index in [1.807, 2.05) is 0 Å². The van der Waals surface area contributed by atoms with Crippen molar-refractivity contribution in [2.75, 3.05) is 23.8 Å². The van der Waals surface area contributed by atoms with Crippen LogP contribution >= 0.6 is 0 Å². The highest BCUT2D eigenvalue weighted by molar-refractivity contribution is 5.77. The SMILES string of the molecule is CN1c2cccc(C(C)(C)C)c2NCC1(C)C. The Morgan fingerprint density at radius 1 is 1.24 bits per heavy atom. The molecule has 0 bridgehead atoms. The van der Waals surface area contributed by atoms with Crippen LogP contribution in [0.15, 0.2) is 18.2 Å². The van der Waals surface area contributed by atoms with E-state index in [1.54, 1.807) is 0 Å². The highest BCUT2D eigenvalue weighted by atomic mass is 15.2. The summed E-state index contributed by atoms with van der Waals surface area (Å²) in [5, 5.41) is 3.62. The molecule has 0 aromatic heterocycles. The summed E-state index contributed by atoms with van der Waals surface area (Å²) in [5.74, 6) is 0. The summed E-state index contributed by atoms with van der Waals surface area (Å²) in [6.45, 7) is 12.3. The second kappa shape index (κ2) is 3.66. The van der Waals surface area contributed by atoms with E-state index in [4.69, 9.17) is 0 Å². The number of fused-ring (bicyclic) bond motifs is 1. The standard InChI is InChI=1S/C15H24N2/c1-14(2,3)11-8-7-9-12-13(11)16-10-15(4,5)17(12)6/h7-9,16H,10H2,1-6H3. The van der Waals surface area contributed by atoms with Gasteiger partial charge >= 0.3 is 0 Å². The van der Waals surface area contributed by atoms with Crippen LogP contribution in [0.2, 0.25) is 0 Å². The van der Waals surface area contributed by atoms with Crippen molar-refractivity contribution in [1.82, 2.24) is 0 Å². The fourth-order valence-corrected chi connectivity index (χ4v) is 2.38. The predicted octanol–water partition coefficient (Wildman–Crippen LogP) is 3.62. The van der Waals surface area contributed by atoms with E-state index < -0.39 is 0 Å². The zero-order valence-corrected chi connectivity index (χ0v) is 11.9. The number of benzene rings is 1. The van der Waals surface area contributed by atoms with Gasteiger partial charge in [-0.3, -0.25) is 0 Å². The van der Waals surface area contributed by atoms with Gasteiger partial charge in [-0.1, -0.05) is 32.9 Å². The van der Waals surface area contributed by atoms with Crippen molar-refractivity contribution in [3.63, 3.8) is 0 Å². The first-order valence-electron chi connectivity index (χ1n) is 6.35. The smallest absolute Gasteiger partial charge is 0.0616 e. The van der Waals surface area contributed by atoms with E-state index in [1.165, 1.54) is 16.9 Å². The fourth-order valence-electron chi connectivity index (χ4n) is 2.38. The molecule has 1 heterocycles. The van der Waals surface area contributed by atoms with Gasteiger partial charge in [-0.15, -0.1) is 0 Å². The Bertz CT molecular complexity index is 427. The van der Waals surface area contributed by atoms with E-state index >= 15 is 0 Å². The van der Waals surface area contributed by atoms with Crippen LogP contribution in [-0.2, 0) is 5.41 Å². The van der Waals surface area contributed by atoms with Crippen LogP contribution in [0, 0.1) is 0 Å². The summed E-state index contributed by atoms with van der Waals surface area (Å²) in [7, 11) is 2.19. The van der Waals surface area contributed by atoms with Crippen LogP contribution in [0.3, 0.4) is 0 Å². The molecule has 1 aliphatic rings. The highest BCUT2D eigenvalue weighted by Gasteiger charge is 2.32. The van der Waals surface area contributed by atoms with Crippen molar-refractivity contribution >= 4 is 11.4 Å². The molecule has 0 spiro atoms. The second-order valence-electron chi connectivity index (χ2n) is 6.67. The van der Waals surface area contributed by atoms with Crippen LogP contribution in [0.1, 0.15) is 40.2 Å². The third-order valence-corrected chi connectivity index (χ3v) is 3.82. The average Bonchev–Trinajstić information content (AvgIpc) is 2.22. The normalized spacial score (nSPS) is 18.6. The Morgan fingerprint density at radius 3 is 2.47 bits per heavy atom. The Morgan fingerprint density at radius 2 is 1.88 bits per heavy atom. The number of para-hydroxylation sites is 1. The fraction of sp³-hybridized carbons (Fsp3) is 0.600. The summed E-state index contributed by atoms with van der Waals surface area (Å²) in [6.07, 6.45) is 0. The largest absolute Gasteiger partial charge is 0.381 e. The molecule has 0 saturated heterocycles. The minimum atomic E-state index is 0.170. The number of rotatable bonds is 0. The molecule has 1 aliphatic heterocycles. The first kappa shape index (κ1) is 12.3. The maximum atomic E-state index is 3.62. The zero-order valence-electron chi connectivity index (χ0n) is 11.9. The van der Waals surface area contributed by atoms with E-state index in [-0.39, 0.29) is 11.0 Å². The van der Waals surface area contributed by atoms with Crippen LogP contribution in [0.5, 0.6) is 0 Å². The summed E-state index contributed by atoms with van der Waals surface area (Å²) in [6, 6.07) is 6.61. The maximum Gasteiger partial charge on any atom is 0.0616 e. The third kappa shape index (κ3) is 2.01. The lowest BCUT2D eigenvalue weighted by molar-refractivity contribution is 0.498. The van der Waals surface area contributed by atoms with Crippen LogP contribution in [0.4, 0.5) is 11.4 Å². The van der Waals surface area contributed by atoms with Crippen molar-refractivity contribution in [2.45, 2.75) is 45.6 Å². The number of anilines is 2. The van der Waals surface area contributed by atoms with Gasteiger partial charge in [-0.05, 0) is 30.9 Å². The molecular weight excluding hydrogens is 208 g/mol. The second-order valence-corrected chi connectivity index (χ2v) is 6.67. The summed E-state index contributed by atoms with van der Waals surface area (Å²) >= 11 is 0. The van der Waals surface area contributed by atoms with Gasteiger partial charge in [0.05, 0.1) is 16.9 Å². The molecule has 2 nitrogen and oxygen atoms in total. The minimum absolute atomic E-state index is 0.170. The summed E-state index contributed by atoms with van der Waals surface area (Å²) in [5.41, 5.74) is 4.37. The van der Waals surface area contributed by atoms with Crippen LogP contribution < -0.4 is 10.2 Å². The molecule has 1 N–H and O–H groups in total. The van der Waals surface area contributed by atoms with Crippen molar-refractivity contribution in [1.29, 1.82) is 0 Å². The lowest BCUT2D eigenvalue weighted by atomic mass is 9.84. The molecule has 0 amide bonds. The topological polar surface area (TPSA) is 15.3 Å². The quantitative estimate of drug-likeness (QED) is 0.735. The monoisotopic (exact) mass is 232 g/mol. The molecule has 1 aromatic rings. The molecule has 1 aromatic carbocycles. The molecule has 17 heavy (non-hydrogen) atoms. The van der Waals surface area contributed by atoms with Crippen LogP contribution in [0.25, 0.3) is 0 Å². The first-order chi connectivity index (χ1) is 7.73. The molecule has 0 fully saturated rings. The molecule has 2 rings (SSSR count). The van der Waals surface area contributed by atoms with E-state index in [2.05, 4.69) is 70.1 Å². The molecule has 2 heteroatoms. The van der Waals surface area contributed by atoms with Crippen molar-refractivity contribution in [2.24, 2.45) is 0 Å². The van der Waals surface area contributed by atoms with Gasteiger partial charge in [0.15, 0.2) is 0 Å². The van der Waals surface area contributed by atoms with Crippen molar-refractivity contribution in [3.05, 3.63) is 23.8 Å². The van der Waals surface area contributed by atoms with E-state index in [9.17, 15) is 0 Å². The molecule has 0 unspecified atom stereocenters. The summed E-state index contributed by atoms with van der Waals surface area (Å²) in [4.78, 5) is 2.38. The van der Waals surface area contributed by atoms with Gasteiger partial charge in [-0.2, -0.15) is 0 Å². The van der Waals surface area contributed by atoms with Gasteiger partial charge in [0.2, 0.25) is 0 Å². The lowest BCUT2D eigenvalue weighted by Gasteiger charge is -2.44. The lowest BCUT2D eigenvalue weighted by Crippen LogP contribution is -2.50. The summed E-state index contributed by atoms with van der Waals surface area (Å²) < 4.78 is 0. The number of likely N-dealkylation sites (N-methyl/N-ethyl adjacent to an activating group) is 1. The number of nitrogens with one attached hydrogen (secondary N) is 1. The number of nitrogens with zero attached hydrogens (tertiary/aromatic N) is 1. The molecule has 0 aliphatic carbocycles. The third-order valence-electron chi connectivity index (χ3n) is 3.82. The van der Waals surface area contributed by atoms with Crippen LogP contribution in [-0.4, -0.2) is 19.1 Å². The number of hydrogen-bond donors (Lipinski definition) is 1. The van der Waals surface area contributed by atoms with Crippen molar-refractivity contribution in [3.8, 4) is 0 Å². The van der Waals surface area contributed by atoms with E-state index in [0.717, 1.165) is 6.54 Å². The molecule has 94 valence electrons. The van der Waals surface area contributed by atoms with Gasteiger partial charge in [-0.25, -0.2) is 0 Å². The van der Waals surface area contributed by atoms with Gasteiger partial charge in [0.25, 0.3) is 0 Å². The van der Waals surface area contributed by atoms with Gasteiger partial charge in [0.1, 0.15) is 0 Å². The van der Waals surface area contributed by atoms with E-state index in [0.29, 0.717) is 0 Å². The molecule has 0 radical (unpaired) electrons.